The lowest BCUT2D eigenvalue weighted by atomic mass is 9.89. The number of benzene rings is 3. The standard InChI is InChI=1S/C39H45N5O8/c1-22(37(47)42-36-23(2)51-39(36)50)41-33(45)10-8-7-9-17-40-34(46)19-24-11-14-27(30(18-24)38(48)49)35-28-15-12-25(43(3)4)20-31(28)52-32-21-26(44(5)6)13-16-29(32)35/h11-16,18,20-23,36H,7-10,17,19H2,1-6H3,(H3-,40,41,42,45,46,47,48,49)/p+1/t22-,23-,36+/m1/s1. The molecule has 13 nitrogen and oxygen atoms in total. The zero-order chi connectivity index (χ0) is 37.7. The summed E-state index contributed by atoms with van der Waals surface area (Å²) in [5.41, 5.74) is 4.24. The molecule has 4 N–H and O–H groups in total. The van der Waals surface area contributed by atoms with Crippen LogP contribution in [0.15, 0.2) is 59.0 Å². The Morgan fingerprint density at radius 2 is 1.69 bits per heavy atom. The molecule has 13 heteroatoms. The maximum Gasteiger partial charge on any atom is 0.336 e. The molecule has 0 aromatic heterocycles. The molecule has 0 radical (unpaired) electrons. The van der Waals surface area contributed by atoms with E-state index >= 15 is 0 Å². The Bertz CT molecular complexity index is 2070. The van der Waals surface area contributed by atoms with E-state index < -0.39 is 36.0 Å². The van der Waals surface area contributed by atoms with Crippen LogP contribution in [0, 0.1) is 0 Å². The van der Waals surface area contributed by atoms with Gasteiger partial charge in [0.05, 0.1) is 18.1 Å². The first kappa shape index (κ1) is 37.5. The molecule has 274 valence electrons. The molecule has 0 saturated carbocycles. The lowest BCUT2D eigenvalue weighted by molar-refractivity contribution is -0.176. The van der Waals surface area contributed by atoms with Crippen LogP contribution in [0.2, 0.25) is 0 Å². The summed E-state index contributed by atoms with van der Waals surface area (Å²) in [6.45, 7) is 3.62. The highest BCUT2D eigenvalue weighted by Gasteiger charge is 2.40. The Balaban J connectivity index is 1.20. The number of aromatic carboxylic acids is 1. The number of fused-ring (bicyclic) bond motifs is 2. The topological polar surface area (TPSA) is 170 Å². The highest BCUT2D eigenvalue weighted by Crippen LogP contribution is 2.42. The quantitative estimate of drug-likeness (QED) is 0.0664. The summed E-state index contributed by atoms with van der Waals surface area (Å²) in [7, 11) is 7.77. The first-order valence-electron chi connectivity index (χ1n) is 17.3. The predicted octanol–water partition coefficient (Wildman–Crippen LogP) is 3.15. The molecule has 52 heavy (non-hydrogen) atoms. The third-order valence-electron chi connectivity index (χ3n) is 9.17. The Morgan fingerprint density at radius 3 is 2.37 bits per heavy atom. The van der Waals surface area contributed by atoms with Crippen LogP contribution in [0.1, 0.15) is 55.5 Å². The Morgan fingerprint density at radius 1 is 0.942 bits per heavy atom. The zero-order valence-electron chi connectivity index (χ0n) is 30.4. The highest BCUT2D eigenvalue weighted by atomic mass is 16.6. The number of carbonyl (C=O) groups is 5. The third-order valence-corrected chi connectivity index (χ3v) is 9.17. The summed E-state index contributed by atoms with van der Waals surface area (Å²) >= 11 is 0. The van der Waals surface area contributed by atoms with Crippen molar-refractivity contribution in [1.29, 1.82) is 0 Å². The highest BCUT2D eigenvalue weighted by molar-refractivity contribution is 6.08. The maximum absolute atomic E-state index is 12.8. The Kier molecular flexibility index (Phi) is 11.6. The van der Waals surface area contributed by atoms with E-state index in [0.29, 0.717) is 48.3 Å². The SMILES string of the molecule is C[C@@H](NC(=O)CCCCCNC(=O)Cc1ccc(-c2c3ccc(=[N+](C)C)cc-3oc3cc(N(C)C)ccc23)c(C(=O)O)c1)C(=O)N[C@@H]1C(=O)O[C@@H]1C. The van der Waals surface area contributed by atoms with Crippen molar-refractivity contribution >= 4 is 46.3 Å². The number of nitrogens with one attached hydrogen (secondary N) is 3. The van der Waals surface area contributed by atoms with Gasteiger partial charge in [-0.1, -0.05) is 18.6 Å². The molecule has 0 bridgehead atoms. The van der Waals surface area contributed by atoms with Gasteiger partial charge in [-0.15, -0.1) is 0 Å². The van der Waals surface area contributed by atoms with Crippen molar-refractivity contribution in [2.24, 2.45) is 0 Å². The average Bonchev–Trinajstić information content (AvgIpc) is 3.10. The van der Waals surface area contributed by atoms with Gasteiger partial charge in [0.1, 0.15) is 37.6 Å². The minimum absolute atomic E-state index is 0.00425. The lowest BCUT2D eigenvalue weighted by Crippen LogP contribution is -2.61. The molecule has 1 fully saturated rings. The summed E-state index contributed by atoms with van der Waals surface area (Å²) in [4.78, 5) is 63.5. The Labute approximate surface area is 302 Å². The van der Waals surface area contributed by atoms with Gasteiger partial charge in [-0.25, -0.2) is 14.2 Å². The van der Waals surface area contributed by atoms with Crippen molar-refractivity contribution in [3.05, 3.63) is 71.1 Å². The van der Waals surface area contributed by atoms with Crippen molar-refractivity contribution in [2.75, 3.05) is 39.6 Å². The van der Waals surface area contributed by atoms with E-state index in [1.165, 1.54) is 0 Å². The summed E-state index contributed by atoms with van der Waals surface area (Å²) in [5.74, 6) is -1.95. The molecular formula is C39H46N5O8+. The van der Waals surface area contributed by atoms with Crippen LogP contribution in [0.5, 0.6) is 0 Å². The van der Waals surface area contributed by atoms with Crippen LogP contribution in [-0.2, 0) is 30.3 Å². The molecule has 3 amide bonds. The van der Waals surface area contributed by atoms with E-state index in [2.05, 4.69) is 16.0 Å². The van der Waals surface area contributed by atoms with Gasteiger partial charge in [0.15, 0.2) is 6.04 Å². The van der Waals surface area contributed by atoms with Crippen molar-refractivity contribution in [3.63, 3.8) is 0 Å². The van der Waals surface area contributed by atoms with E-state index in [-0.39, 0.29) is 30.2 Å². The van der Waals surface area contributed by atoms with Gasteiger partial charge < -0.3 is 35.1 Å². The number of carbonyl (C=O) groups excluding carboxylic acids is 4. The van der Waals surface area contributed by atoms with Crippen LogP contribution < -0.4 is 30.8 Å². The molecule has 3 aliphatic rings. The van der Waals surface area contributed by atoms with Gasteiger partial charge in [0.2, 0.25) is 23.1 Å². The van der Waals surface area contributed by atoms with Crippen molar-refractivity contribution < 1.29 is 38.2 Å². The van der Waals surface area contributed by atoms with Crippen molar-refractivity contribution in [1.82, 2.24) is 20.5 Å². The fourth-order valence-electron chi connectivity index (χ4n) is 6.15. The Hall–Kier alpha value is -5.72. The van der Waals surface area contributed by atoms with Gasteiger partial charge >= 0.3 is 11.9 Å². The smallest absolute Gasteiger partial charge is 0.336 e. The van der Waals surface area contributed by atoms with Gasteiger partial charge in [-0.2, -0.15) is 0 Å². The number of unbranched alkanes of at least 4 members (excludes halogenated alkanes) is 2. The molecule has 5 rings (SSSR count). The molecular weight excluding hydrogens is 666 g/mol. The molecule has 2 heterocycles. The second kappa shape index (κ2) is 16.1. The molecule has 2 aromatic rings. The minimum atomic E-state index is -1.11. The van der Waals surface area contributed by atoms with E-state index in [1.807, 2.05) is 74.1 Å². The number of cyclic esters (lactones) is 1. The number of nitrogens with zero attached hydrogens (tertiary/aromatic N) is 2. The number of ether oxygens (including phenoxy) is 1. The average molecular weight is 713 g/mol. The largest absolute Gasteiger partial charge is 0.478 e. The van der Waals surface area contributed by atoms with Crippen LogP contribution >= 0.6 is 0 Å². The van der Waals surface area contributed by atoms with E-state index in [4.69, 9.17) is 9.15 Å². The molecule has 1 aliphatic carbocycles. The van der Waals surface area contributed by atoms with Gasteiger partial charge in [0, 0.05) is 61.4 Å². The second-order valence-corrected chi connectivity index (χ2v) is 13.6. The van der Waals surface area contributed by atoms with Gasteiger partial charge in [-0.3, -0.25) is 14.4 Å². The zero-order valence-corrected chi connectivity index (χ0v) is 30.4. The van der Waals surface area contributed by atoms with Gasteiger partial charge in [-0.05, 0) is 62.1 Å². The lowest BCUT2D eigenvalue weighted by Gasteiger charge is -2.33. The number of carboxylic acids is 1. The van der Waals surface area contributed by atoms with Crippen LogP contribution in [0.25, 0.3) is 33.4 Å². The monoisotopic (exact) mass is 712 g/mol. The number of rotatable bonds is 14. The number of esters is 1. The van der Waals surface area contributed by atoms with Crippen molar-refractivity contribution in [3.8, 4) is 22.5 Å². The summed E-state index contributed by atoms with van der Waals surface area (Å²) < 4.78 is 13.2. The van der Waals surface area contributed by atoms with Crippen LogP contribution in [0.3, 0.4) is 0 Å². The summed E-state index contributed by atoms with van der Waals surface area (Å²) in [6, 6.07) is 15.3. The fraction of sp³-hybridized carbons (Fsp3) is 0.385. The number of hydrogen-bond donors (Lipinski definition) is 4. The molecule has 0 unspecified atom stereocenters. The second-order valence-electron chi connectivity index (χ2n) is 13.6. The number of anilines is 1. The molecule has 1 saturated heterocycles. The summed E-state index contributed by atoms with van der Waals surface area (Å²) in [6.07, 6.45) is 1.70. The van der Waals surface area contributed by atoms with E-state index in [1.54, 1.807) is 32.0 Å². The normalized spacial score (nSPS) is 15.7. The minimum Gasteiger partial charge on any atom is -0.478 e. The molecule has 3 atom stereocenters. The molecule has 2 aromatic carbocycles. The van der Waals surface area contributed by atoms with Crippen molar-refractivity contribution in [2.45, 2.75) is 64.1 Å². The predicted molar refractivity (Wildman–Crippen MR) is 197 cm³/mol. The van der Waals surface area contributed by atoms with Crippen LogP contribution in [0.4, 0.5) is 5.69 Å². The first-order valence-corrected chi connectivity index (χ1v) is 17.3. The number of amides is 3. The number of hydrogen-bond acceptors (Lipinski definition) is 8. The van der Waals surface area contributed by atoms with Gasteiger partial charge in [0.25, 0.3) is 0 Å². The van der Waals surface area contributed by atoms with E-state index in [9.17, 15) is 29.1 Å². The molecule has 0 spiro atoms. The first-order chi connectivity index (χ1) is 24.7. The van der Waals surface area contributed by atoms with Crippen LogP contribution in [-0.4, -0.2) is 87.7 Å². The fourth-order valence-corrected chi connectivity index (χ4v) is 6.15. The third kappa shape index (κ3) is 8.59. The summed E-state index contributed by atoms with van der Waals surface area (Å²) in [5, 5.41) is 20.2. The number of carboxylic acid groups (broad SMARTS) is 1. The maximum atomic E-state index is 12.8. The van der Waals surface area contributed by atoms with E-state index in [0.717, 1.165) is 27.6 Å². The molecule has 2 aliphatic heterocycles.